The van der Waals surface area contributed by atoms with Gasteiger partial charge in [-0.25, -0.2) is 8.42 Å². The second-order valence-corrected chi connectivity index (χ2v) is 8.27. The first kappa shape index (κ1) is 14.3. The van der Waals surface area contributed by atoms with Gasteiger partial charge in [-0.15, -0.1) is 0 Å². The predicted octanol–water partition coefficient (Wildman–Crippen LogP) is 3.71. The van der Waals surface area contributed by atoms with E-state index < -0.39 is 10.0 Å². The Balaban J connectivity index is 1.75. The van der Waals surface area contributed by atoms with Gasteiger partial charge >= 0.3 is 0 Å². The first-order chi connectivity index (χ1) is 9.57. The molecule has 1 aromatic carbocycles. The minimum atomic E-state index is -3.33. The van der Waals surface area contributed by atoms with Crippen LogP contribution in [0.4, 0.5) is 0 Å². The summed E-state index contributed by atoms with van der Waals surface area (Å²) in [6.45, 7) is 1.24. The monoisotopic (exact) mass is 355 g/mol. The van der Waals surface area contributed by atoms with E-state index in [4.69, 9.17) is 0 Å². The Hall–Kier alpha value is -0.650. The third-order valence-corrected chi connectivity index (χ3v) is 6.68. The highest BCUT2D eigenvalue weighted by Crippen LogP contribution is 2.34. The summed E-state index contributed by atoms with van der Waals surface area (Å²) in [5.74, 6) is 0. The zero-order chi connectivity index (χ0) is 14.2. The molecule has 0 amide bonds. The summed E-state index contributed by atoms with van der Waals surface area (Å²) < 4.78 is 27.6. The summed E-state index contributed by atoms with van der Waals surface area (Å²) in [4.78, 5) is 0.389. The first-order valence-electron chi connectivity index (χ1n) is 7.03. The molecule has 1 saturated heterocycles. The van der Waals surface area contributed by atoms with E-state index in [2.05, 4.69) is 15.9 Å². The molecule has 0 spiro atoms. The molecular formula is C15H18BrNO2S. The van der Waals surface area contributed by atoms with Crippen molar-refractivity contribution in [2.75, 3.05) is 13.1 Å². The fraction of sp³-hybridized carbons (Fsp3) is 0.467. The molecule has 1 aliphatic carbocycles. The van der Waals surface area contributed by atoms with Crippen molar-refractivity contribution in [3.05, 3.63) is 39.9 Å². The number of allylic oxidation sites excluding steroid dienone is 1. The molecule has 0 unspecified atom stereocenters. The molecule has 5 heteroatoms. The highest BCUT2D eigenvalue weighted by atomic mass is 79.9. The van der Waals surface area contributed by atoms with Crippen LogP contribution < -0.4 is 0 Å². The van der Waals surface area contributed by atoms with Gasteiger partial charge in [0.15, 0.2) is 0 Å². The lowest BCUT2D eigenvalue weighted by Gasteiger charge is -2.31. The molecule has 1 saturated carbocycles. The van der Waals surface area contributed by atoms with Crippen molar-refractivity contribution in [2.24, 2.45) is 0 Å². The van der Waals surface area contributed by atoms with Crippen LogP contribution in [0.5, 0.6) is 0 Å². The molecule has 1 aliphatic heterocycles. The Labute approximate surface area is 128 Å². The third-order valence-electron chi connectivity index (χ3n) is 4.23. The van der Waals surface area contributed by atoms with Crippen molar-refractivity contribution in [2.45, 2.75) is 37.0 Å². The summed E-state index contributed by atoms with van der Waals surface area (Å²) in [5, 5.41) is 0. The lowest BCUT2D eigenvalue weighted by molar-refractivity contribution is 0.381. The molecular weight excluding hydrogens is 338 g/mol. The number of halogens is 1. The first-order valence-corrected chi connectivity index (χ1v) is 9.26. The molecule has 0 atom stereocenters. The van der Waals surface area contributed by atoms with Gasteiger partial charge in [-0.05, 0) is 56.4 Å². The second-order valence-electron chi connectivity index (χ2n) is 5.42. The van der Waals surface area contributed by atoms with Gasteiger partial charge in [-0.3, -0.25) is 0 Å². The van der Waals surface area contributed by atoms with Gasteiger partial charge in [0.25, 0.3) is 0 Å². The van der Waals surface area contributed by atoms with Crippen molar-refractivity contribution in [3.63, 3.8) is 0 Å². The number of piperidine rings is 1. The number of nitrogens with zero attached hydrogens (tertiary/aromatic N) is 1. The standard InChI is InChI=1S/C15H18BrNO2S/c16-14-4-6-15(7-5-14)20(18,19)17-10-8-13(9-11-17)12-2-1-3-12/h4-7H,1-3,8-11H2. The van der Waals surface area contributed by atoms with Crippen LogP contribution in [0, 0.1) is 0 Å². The molecule has 0 radical (unpaired) electrons. The van der Waals surface area contributed by atoms with Crippen LogP contribution in [0.25, 0.3) is 0 Å². The maximum atomic E-state index is 12.6. The third kappa shape index (κ3) is 2.71. The van der Waals surface area contributed by atoms with Crippen molar-refractivity contribution >= 4 is 26.0 Å². The molecule has 1 heterocycles. The number of sulfonamides is 1. The summed E-state index contributed by atoms with van der Waals surface area (Å²) in [6, 6.07) is 6.88. The smallest absolute Gasteiger partial charge is 0.207 e. The number of benzene rings is 1. The Kier molecular flexibility index (Phi) is 4.02. The van der Waals surface area contributed by atoms with Gasteiger partial charge in [0.2, 0.25) is 10.0 Å². The summed E-state index contributed by atoms with van der Waals surface area (Å²) in [6.07, 6.45) is 5.58. The molecule has 0 bridgehead atoms. The highest BCUT2D eigenvalue weighted by molar-refractivity contribution is 9.10. The number of hydrogen-bond acceptors (Lipinski definition) is 2. The van der Waals surface area contributed by atoms with Crippen LogP contribution in [-0.2, 0) is 10.0 Å². The van der Waals surface area contributed by atoms with Crippen LogP contribution in [0.1, 0.15) is 32.1 Å². The van der Waals surface area contributed by atoms with Crippen LogP contribution in [0.3, 0.4) is 0 Å². The van der Waals surface area contributed by atoms with Crippen LogP contribution in [0.15, 0.2) is 44.8 Å². The summed E-state index contributed by atoms with van der Waals surface area (Å²) in [5.41, 5.74) is 3.10. The van der Waals surface area contributed by atoms with Gasteiger partial charge in [-0.1, -0.05) is 27.1 Å². The fourth-order valence-electron chi connectivity index (χ4n) is 2.81. The zero-order valence-corrected chi connectivity index (χ0v) is 13.7. The SMILES string of the molecule is O=S(=O)(c1ccc(Br)cc1)N1CCC(=C2CCC2)CC1. The quantitative estimate of drug-likeness (QED) is 0.758. The summed E-state index contributed by atoms with van der Waals surface area (Å²) in [7, 11) is -3.33. The minimum Gasteiger partial charge on any atom is -0.207 e. The molecule has 2 fully saturated rings. The Morgan fingerprint density at radius 3 is 1.95 bits per heavy atom. The maximum absolute atomic E-state index is 12.6. The molecule has 20 heavy (non-hydrogen) atoms. The lowest BCUT2D eigenvalue weighted by atomic mass is 9.85. The Morgan fingerprint density at radius 2 is 1.45 bits per heavy atom. The molecule has 3 nitrogen and oxygen atoms in total. The molecule has 0 N–H and O–H groups in total. The second kappa shape index (κ2) is 5.62. The van der Waals surface area contributed by atoms with Crippen molar-refractivity contribution in [1.29, 1.82) is 0 Å². The molecule has 0 aromatic heterocycles. The Bertz CT molecular complexity index is 618. The van der Waals surface area contributed by atoms with Gasteiger partial charge in [0, 0.05) is 17.6 Å². The Morgan fingerprint density at radius 1 is 0.900 bits per heavy atom. The topological polar surface area (TPSA) is 37.4 Å². The van der Waals surface area contributed by atoms with Crippen molar-refractivity contribution in [1.82, 2.24) is 4.31 Å². The van der Waals surface area contributed by atoms with E-state index in [1.807, 2.05) is 0 Å². The zero-order valence-electron chi connectivity index (χ0n) is 11.3. The van der Waals surface area contributed by atoms with Gasteiger partial charge in [-0.2, -0.15) is 4.31 Å². The van der Waals surface area contributed by atoms with E-state index in [1.165, 1.54) is 24.8 Å². The van der Waals surface area contributed by atoms with Gasteiger partial charge in [0.1, 0.15) is 0 Å². The minimum absolute atomic E-state index is 0.389. The number of hydrogen-bond donors (Lipinski definition) is 0. The van der Waals surface area contributed by atoms with Crippen LogP contribution in [-0.4, -0.2) is 25.8 Å². The lowest BCUT2D eigenvalue weighted by Crippen LogP contribution is -2.36. The molecule has 108 valence electrons. The largest absolute Gasteiger partial charge is 0.243 e. The average molecular weight is 356 g/mol. The van der Waals surface area contributed by atoms with E-state index in [-0.39, 0.29) is 0 Å². The fourth-order valence-corrected chi connectivity index (χ4v) is 4.52. The predicted molar refractivity (Wildman–Crippen MR) is 83.0 cm³/mol. The van der Waals surface area contributed by atoms with E-state index >= 15 is 0 Å². The highest BCUT2D eigenvalue weighted by Gasteiger charge is 2.28. The maximum Gasteiger partial charge on any atom is 0.243 e. The molecule has 2 aliphatic rings. The molecule has 1 aromatic rings. The summed E-state index contributed by atoms with van der Waals surface area (Å²) >= 11 is 3.33. The van der Waals surface area contributed by atoms with Crippen molar-refractivity contribution < 1.29 is 8.42 Å². The van der Waals surface area contributed by atoms with Crippen LogP contribution >= 0.6 is 15.9 Å². The normalized spacial score (nSPS) is 20.9. The van der Waals surface area contributed by atoms with E-state index in [9.17, 15) is 8.42 Å². The van der Waals surface area contributed by atoms with Crippen LogP contribution in [0.2, 0.25) is 0 Å². The van der Waals surface area contributed by atoms with E-state index in [1.54, 1.807) is 34.1 Å². The van der Waals surface area contributed by atoms with Crippen molar-refractivity contribution in [3.8, 4) is 0 Å². The average Bonchev–Trinajstić information content (AvgIpc) is 2.38. The van der Waals surface area contributed by atoms with Gasteiger partial charge < -0.3 is 0 Å². The van der Waals surface area contributed by atoms with E-state index in [0.717, 1.165) is 17.3 Å². The molecule has 3 rings (SSSR count). The number of rotatable bonds is 2. The van der Waals surface area contributed by atoms with E-state index in [0.29, 0.717) is 18.0 Å². The van der Waals surface area contributed by atoms with Gasteiger partial charge in [0.05, 0.1) is 4.90 Å².